The average molecular weight is 308 g/mol. The lowest BCUT2D eigenvalue weighted by Crippen LogP contribution is -2.43. The van der Waals surface area contributed by atoms with Crippen LogP contribution in [0.15, 0.2) is 30.3 Å². The average Bonchev–Trinajstić information content (AvgIpc) is 2.54. The van der Waals surface area contributed by atoms with E-state index in [2.05, 4.69) is 5.32 Å². The maximum atomic E-state index is 11.8. The van der Waals surface area contributed by atoms with Crippen molar-refractivity contribution in [1.82, 2.24) is 5.32 Å². The van der Waals surface area contributed by atoms with Crippen molar-refractivity contribution in [2.75, 3.05) is 20.3 Å². The first kappa shape index (κ1) is 18.1. The van der Waals surface area contributed by atoms with Crippen LogP contribution in [0.5, 0.6) is 0 Å². The fourth-order valence-corrected chi connectivity index (χ4v) is 1.96. The zero-order chi connectivity index (χ0) is 16.2. The zero-order valence-corrected chi connectivity index (χ0v) is 12.9. The van der Waals surface area contributed by atoms with Crippen LogP contribution >= 0.6 is 0 Å². The molecule has 6 nitrogen and oxygen atoms in total. The highest BCUT2D eigenvalue weighted by Gasteiger charge is 2.20. The second kappa shape index (κ2) is 10.8. The van der Waals surface area contributed by atoms with Crippen molar-refractivity contribution in [3.63, 3.8) is 0 Å². The number of ether oxygens (including phenoxy) is 2. The highest BCUT2D eigenvalue weighted by atomic mass is 16.5. The van der Waals surface area contributed by atoms with Crippen LogP contribution in [0.4, 0.5) is 0 Å². The molecule has 3 N–H and O–H groups in total. The van der Waals surface area contributed by atoms with Gasteiger partial charge in [0.2, 0.25) is 5.91 Å². The van der Waals surface area contributed by atoms with E-state index in [1.807, 2.05) is 30.3 Å². The summed E-state index contributed by atoms with van der Waals surface area (Å²) in [5.74, 6) is -0.785. The molecule has 0 aromatic heterocycles. The Balaban J connectivity index is 2.34. The van der Waals surface area contributed by atoms with E-state index < -0.39 is 12.0 Å². The Morgan fingerprint density at radius 1 is 1.23 bits per heavy atom. The lowest BCUT2D eigenvalue weighted by molar-refractivity contribution is -0.146. The third-order valence-corrected chi connectivity index (χ3v) is 3.11. The summed E-state index contributed by atoms with van der Waals surface area (Å²) in [5, 5.41) is 2.63. The summed E-state index contributed by atoms with van der Waals surface area (Å²) in [6, 6.07) is 8.92. The van der Waals surface area contributed by atoms with Gasteiger partial charge in [-0.15, -0.1) is 0 Å². The summed E-state index contributed by atoms with van der Waals surface area (Å²) in [4.78, 5) is 23.5. The minimum Gasteiger partial charge on any atom is -0.467 e. The van der Waals surface area contributed by atoms with Gasteiger partial charge in [0.1, 0.15) is 12.6 Å². The standard InChI is InChI=1S/C16H24N2O4/c1-21-16(20)14(9-5-6-10-17)18-15(19)12-22-11-13-7-3-2-4-8-13/h2-4,7-8,14H,5-6,9-12,17H2,1H3,(H,18,19)/t14-/m0/s1. The summed E-state index contributed by atoms with van der Waals surface area (Å²) in [5.41, 5.74) is 6.41. The molecule has 1 atom stereocenters. The molecule has 1 amide bonds. The van der Waals surface area contributed by atoms with E-state index in [9.17, 15) is 9.59 Å². The highest BCUT2D eigenvalue weighted by molar-refractivity contribution is 5.84. The van der Waals surface area contributed by atoms with Gasteiger partial charge in [-0.25, -0.2) is 4.79 Å². The number of nitrogens with two attached hydrogens (primary N) is 1. The first-order chi connectivity index (χ1) is 10.7. The predicted molar refractivity (Wildman–Crippen MR) is 83.0 cm³/mol. The van der Waals surface area contributed by atoms with Crippen LogP contribution in [-0.2, 0) is 25.7 Å². The van der Waals surface area contributed by atoms with E-state index in [4.69, 9.17) is 15.2 Å². The van der Waals surface area contributed by atoms with Crippen LogP contribution < -0.4 is 11.1 Å². The minimum atomic E-state index is -0.649. The summed E-state index contributed by atoms with van der Waals surface area (Å²) in [6.07, 6.45) is 2.06. The van der Waals surface area contributed by atoms with Gasteiger partial charge in [-0.2, -0.15) is 0 Å². The smallest absolute Gasteiger partial charge is 0.328 e. The molecule has 0 unspecified atom stereocenters. The van der Waals surface area contributed by atoms with Gasteiger partial charge < -0.3 is 20.5 Å². The van der Waals surface area contributed by atoms with Gasteiger partial charge in [0.25, 0.3) is 0 Å². The Kier molecular flexibility index (Phi) is 8.86. The van der Waals surface area contributed by atoms with Crippen molar-refractivity contribution in [3.8, 4) is 0 Å². The van der Waals surface area contributed by atoms with Crippen LogP contribution in [0, 0.1) is 0 Å². The molecule has 22 heavy (non-hydrogen) atoms. The molecule has 122 valence electrons. The lowest BCUT2D eigenvalue weighted by atomic mass is 10.1. The molecular formula is C16H24N2O4. The number of methoxy groups -OCH3 is 1. The van der Waals surface area contributed by atoms with Crippen LogP contribution in [0.1, 0.15) is 24.8 Å². The van der Waals surface area contributed by atoms with Gasteiger partial charge in [-0.05, 0) is 31.4 Å². The Bertz CT molecular complexity index is 451. The molecule has 0 saturated carbocycles. The topological polar surface area (TPSA) is 90.6 Å². The maximum Gasteiger partial charge on any atom is 0.328 e. The largest absolute Gasteiger partial charge is 0.467 e. The number of hydrogen-bond acceptors (Lipinski definition) is 5. The van der Waals surface area contributed by atoms with E-state index in [-0.39, 0.29) is 12.5 Å². The van der Waals surface area contributed by atoms with E-state index >= 15 is 0 Å². The number of hydrogen-bond donors (Lipinski definition) is 2. The lowest BCUT2D eigenvalue weighted by Gasteiger charge is -2.16. The quantitative estimate of drug-likeness (QED) is 0.497. The molecular weight excluding hydrogens is 284 g/mol. The van der Waals surface area contributed by atoms with Gasteiger partial charge >= 0.3 is 5.97 Å². The molecule has 0 spiro atoms. The van der Waals surface area contributed by atoms with Crippen molar-refractivity contribution in [2.24, 2.45) is 5.73 Å². The number of carbonyl (C=O) groups excluding carboxylic acids is 2. The number of rotatable bonds is 10. The number of esters is 1. The monoisotopic (exact) mass is 308 g/mol. The van der Waals surface area contributed by atoms with Crippen molar-refractivity contribution >= 4 is 11.9 Å². The molecule has 0 bridgehead atoms. The van der Waals surface area contributed by atoms with Crippen LogP contribution in [-0.4, -0.2) is 38.2 Å². The molecule has 0 saturated heterocycles. The summed E-state index contributed by atoms with van der Waals surface area (Å²) in [7, 11) is 1.30. The molecule has 0 fully saturated rings. The second-order valence-electron chi connectivity index (χ2n) is 4.91. The maximum absolute atomic E-state index is 11.8. The third-order valence-electron chi connectivity index (χ3n) is 3.11. The summed E-state index contributed by atoms with van der Waals surface area (Å²) in [6.45, 7) is 0.811. The van der Waals surface area contributed by atoms with Gasteiger partial charge in [0, 0.05) is 0 Å². The normalized spacial score (nSPS) is 11.7. The van der Waals surface area contributed by atoms with E-state index in [0.717, 1.165) is 18.4 Å². The Labute approximate surface area is 131 Å². The fourth-order valence-electron chi connectivity index (χ4n) is 1.96. The number of nitrogens with one attached hydrogen (secondary N) is 1. The minimum absolute atomic E-state index is 0.0979. The Morgan fingerprint density at radius 2 is 1.95 bits per heavy atom. The first-order valence-electron chi connectivity index (χ1n) is 7.36. The van der Waals surface area contributed by atoms with E-state index in [1.165, 1.54) is 7.11 Å². The van der Waals surface area contributed by atoms with Gasteiger partial charge in [0.05, 0.1) is 13.7 Å². The van der Waals surface area contributed by atoms with Crippen molar-refractivity contribution in [3.05, 3.63) is 35.9 Å². The zero-order valence-electron chi connectivity index (χ0n) is 12.9. The molecule has 0 heterocycles. The van der Waals surface area contributed by atoms with Crippen LogP contribution in [0.25, 0.3) is 0 Å². The number of benzene rings is 1. The van der Waals surface area contributed by atoms with Crippen molar-refractivity contribution in [1.29, 1.82) is 0 Å². The molecule has 1 aromatic carbocycles. The summed E-state index contributed by atoms with van der Waals surface area (Å²) >= 11 is 0. The van der Waals surface area contributed by atoms with Gasteiger partial charge in [-0.3, -0.25) is 4.79 Å². The van der Waals surface area contributed by atoms with Crippen LogP contribution in [0.2, 0.25) is 0 Å². The fraction of sp³-hybridized carbons (Fsp3) is 0.500. The van der Waals surface area contributed by atoms with Crippen molar-refractivity contribution < 1.29 is 19.1 Å². The third kappa shape index (κ3) is 7.19. The number of amides is 1. The molecule has 0 aliphatic rings. The Morgan fingerprint density at radius 3 is 2.59 bits per heavy atom. The molecule has 0 aliphatic heterocycles. The SMILES string of the molecule is COC(=O)[C@H](CCCCN)NC(=O)COCc1ccccc1. The number of carbonyl (C=O) groups is 2. The van der Waals surface area contributed by atoms with Crippen molar-refractivity contribution in [2.45, 2.75) is 31.9 Å². The summed E-state index contributed by atoms with van der Waals surface area (Å²) < 4.78 is 10.0. The predicted octanol–water partition coefficient (Wildman–Crippen LogP) is 0.990. The number of unbranched alkanes of at least 4 members (excludes halogenated alkanes) is 1. The van der Waals surface area contributed by atoms with Gasteiger partial charge in [0.15, 0.2) is 0 Å². The Hall–Kier alpha value is -1.92. The first-order valence-corrected chi connectivity index (χ1v) is 7.36. The second-order valence-corrected chi connectivity index (χ2v) is 4.91. The molecule has 0 aliphatic carbocycles. The molecule has 6 heteroatoms. The van der Waals surface area contributed by atoms with Gasteiger partial charge in [-0.1, -0.05) is 30.3 Å². The molecule has 0 radical (unpaired) electrons. The molecule has 1 rings (SSSR count). The van der Waals surface area contributed by atoms with E-state index in [1.54, 1.807) is 0 Å². The van der Waals surface area contributed by atoms with E-state index in [0.29, 0.717) is 19.6 Å². The highest BCUT2D eigenvalue weighted by Crippen LogP contribution is 2.03. The molecule has 1 aromatic rings. The van der Waals surface area contributed by atoms with Crippen LogP contribution in [0.3, 0.4) is 0 Å².